The molecule has 3 fully saturated rings. The standard InChI is InChI=1S/C24H16ClF6N5O3/c1-10-16(3-2-11(8-32)18(10)25)36-20(37)19-17-7-15(35(19)22(36)39)9-34(17)21(38)33-14-5-12(23(26,27)28)4-13(6-14)24(29,30)31/h2-6,15,17,19H,7,9H2,1H3,(H,33,38)/t15-,17-,19-/m0/s1. The van der Waals surface area contributed by atoms with Gasteiger partial charge in [0.25, 0.3) is 5.91 Å². The summed E-state index contributed by atoms with van der Waals surface area (Å²) in [4.78, 5) is 43.0. The molecule has 0 radical (unpaired) electrons. The highest BCUT2D eigenvalue weighted by Gasteiger charge is 2.63. The maximum Gasteiger partial charge on any atom is 0.416 e. The molecule has 39 heavy (non-hydrogen) atoms. The van der Waals surface area contributed by atoms with E-state index in [1.807, 2.05) is 6.07 Å². The molecule has 0 saturated carbocycles. The molecule has 204 valence electrons. The topological polar surface area (TPSA) is 96.8 Å². The molecular formula is C24H16ClF6N5O3. The number of anilines is 2. The Labute approximate surface area is 221 Å². The predicted octanol–water partition coefficient (Wildman–Crippen LogP) is 5.38. The van der Waals surface area contributed by atoms with E-state index in [0.717, 1.165) is 9.80 Å². The van der Waals surface area contributed by atoms with Gasteiger partial charge in [0.2, 0.25) is 0 Å². The first kappa shape index (κ1) is 26.6. The third-order valence-electron chi connectivity index (χ3n) is 7.08. The number of urea groups is 2. The van der Waals surface area contributed by atoms with Crippen LogP contribution in [0.1, 0.15) is 28.7 Å². The van der Waals surface area contributed by atoms with Crippen LogP contribution in [0.25, 0.3) is 0 Å². The molecule has 0 spiro atoms. The summed E-state index contributed by atoms with van der Waals surface area (Å²) >= 11 is 6.20. The highest BCUT2D eigenvalue weighted by atomic mass is 35.5. The molecule has 0 aliphatic carbocycles. The maximum atomic E-state index is 13.4. The van der Waals surface area contributed by atoms with E-state index in [0.29, 0.717) is 17.7 Å². The zero-order valence-electron chi connectivity index (χ0n) is 19.7. The number of hydrogen-bond donors (Lipinski definition) is 1. The lowest BCUT2D eigenvalue weighted by Gasteiger charge is -2.34. The molecule has 3 saturated heterocycles. The Balaban J connectivity index is 1.41. The lowest BCUT2D eigenvalue weighted by atomic mass is 10.1. The molecule has 0 aromatic heterocycles. The highest BCUT2D eigenvalue weighted by Crippen LogP contribution is 2.44. The molecule has 3 heterocycles. The van der Waals surface area contributed by atoms with Crippen LogP contribution in [0.5, 0.6) is 0 Å². The number of nitrogens with one attached hydrogen (secondary N) is 1. The smallest absolute Gasteiger partial charge is 0.317 e. The van der Waals surface area contributed by atoms with Crippen molar-refractivity contribution in [3.05, 3.63) is 57.6 Å². The van der Waals surface area contributed by atoms with Gasteiger partial charge < -0.3 is 15.1 Å². The van der Waals surface area contributed by atoms with Gasteiger partial charge in [-0.1, -0.05) is 11.6 Å². The summed E-state index contributed by atoms with van der Waals surface area (Å²) in [6, 6.07) is 1.12. The average Bonchev–Trinajstić information content (AvgIpc) is 3.51. The SMILES string of the molecule is Cc1c(N2C(=O)[C@@H]3[C@@H]4C[C@@H](CN4C(=O)Nc4cc(C(F)(F)F)cc(C(F)(F)F)c4)N3C2=O)ccc(C#N)c1Cl. The van der Waals surface area contributed by atoms with E-state index in [2.05, 4.69) is 5.32 Å². The van der Waals surface area contributed by atoms with Crippen molar-refractivity contribution in [2.24, 2.45) is 0 Å². The van der Waals surface area contributed by atoms with E-state index in [1.54, 1.807) is 0 Å². The third-order valence-corrected chi connectivity index (χ3v) is 7.57. The highest BCUT2D eigenvalue weighted by molar-refractivity contribution is 6.33. The number of nitrogens with zero attached hydrogens (tertiary/aromatic N) is 4. The minimum Gasteiger partial charge on any atom is -0.317 e. The van der Waals surface area contributed by atoms with Crippen LogP contribution in [-0.2, 0) is 17.1 Å². The van der Waals surface area contributed by atoms with E-state index in [4.69, 9.17) is 16.9 Å². The largest absolute Gasteiger partial charge is 0.416 e. The third kappa shape index (κ3) is 4.21. The Morgan fingerprint density at radius 3 is 2.26 bits per heavy atom. The van der Waals surface area contributed by atoms with E-state index >= 15 is 0 Å². The number of nitriles is 1. The molecule has 3 atom stereocenters. The van der Waals surface area contributed by atoms with E-state index < -0.39 is 65.3 Å². The Kier molecular flexibility index (Phi) is 5.98. The number of imide groups is 1. The van der Waals surface area contributed by atoms with Crippen LogP contribution >= 0.6 is 11.6 Å². The van der Waals surface area contributed by atoms with E-state index in [9.17, 15) is 40.7 Å². The minimum atomic E-state index is -5.10. The van der Waals surface area contributed by atoms with Gasteiger partial charge in [-0.05, 0) is 49.2 Å². The molecule has 8 nitrogen and oxygen atoms in total. The summed E-state index contributed by atoms with van der Waals surface area (Å²) < 4.78 is 79.2. The number of alkyl halides is 6. The quantitative estimate of drug-likeness (QED) is 0.386. The number of rotatable bonds is 2. The van der Waals surface area contributed by atoms with Crippen LogP contribution in [0.4, 0.5) is 47.3 Å². The number of carbonyl (C=O) groups excluding carboxylic acids is 3. The summed E-state index contributed by atoms with van der Waals surface area (Å²) in [7, 11) is 0. The number of fused-ring (bicyclic) bond motifs is 5. The summed E-state index contributed by atoms with van der Waals surface area (Å²) in [5.74, 6) is -0.674. The Hall–Kier alpha value is -3.99. The summed E-state index contributed by atoms with van der Waals surface area (Å²) in [6.07, 6.45) is -9.99. The molecule has 2 aromatic rings. The molecule has 1 N–H and O–H groups in total. The molecule has 2 aromatic carbocycles. The molecule has 15 heteroatoms. The molecule has 0 unspecified atom stereocenters. The normalized spacial score (nSPS) is 22.4. The van der Waals surface area contributed by atoms with Gasteiger partial charge in [-0.2, -0.15) is 31.6 Å². The van der Waals surface area contributed by atoms with Crippen LogP contribution in [0.15, 0.2) is 30.3 Å². The van der Waals surface area contributed by atoms with Gasteiger partial charge in [-0.3, -0.25) is 4.79 Å². The first-order chi connectivity index (χ1) is 18.1. The van der Waals surface area contributed by atoms with Gasteiger partial charge in [-0.25, -0.2) is 14.5 Å². The van der Waals surface area contributed by atoms with Crippen molar-refractivity contribution in [3.8, 4) is 6.07 Å². The van der Waals surface area contributed by atoms with Gasteiger partial charge in [0, 0.05) is 12.2 Å². The fraction of sp³-hybridized carbons (Fsp3) is 0.333. The van der Waals surface area contributed by atoms with Crippen molar-refractivity contribution in [1.82, 2.24) is 9.80 Å². The van der Waals surface area contributed by atoms with Gasteiger partial charge in [0.05, 0.1) is 39.5 Å². The lowest BCUT2D eigenvalue weighted by molar-refractivity contribution is -0.143. The van der Waals surface area contributed by atoms with Crippen molar-refractivity contribution in [2.45, 2.75) is 43.8 Å². The van der Waals surface area contributed by atoms with Crippen LogP contribution in [0.3, 0.4) is 0 Å². The Morgan fingerprint density at radius 1 is 1.08 bits per heavy atom. The second kappa shape index (κ2) is 8.77. The van der Waals surface area contributed by atoms with Crippen LogP contribution in [0, 0.1) is 18.3 Å². The number of benzene rings is 2. The van der Waals surface area contributed by atoms with Crippen molar-refractivity contribution >= 4 is 40.9 Å². The van der Waals surface area contributed by atoms with Gasteiger partial charge >= 0.3 is 24.4 Å². The summed E-state index contributed by atoms with van der Waals surface area (Å²) in [5.41, 5.74) is -3.30. The molecule has 3 aliphatic heterocycles. The van der Waals surface area contributed by atoms with Crippen molar-refractivity contribution in [2.75, 3.05) is 16.8 Å². The molecule has 5 rings (SSSR count). The Morgan fingerprint density at radius 2 is 1.69 bits per heavy atom. The van der Waals surface area contributed by atoms with Crippen LogP contribution in [-0.4, -0.2) is 52.4 Å². The van der Waals surface area contributed by atoms with Crippen LogP contribution < -0.4 is 10.2 Å². The number of likely N-dealkylation sites (tertiary alicyclic amines) is 1. The zero-order chi connectivity index (χ0) is 28.6. The predicted molar refractivity (Wildman–Crippen MR) is 124 cm³/mol. The fourth-order valence-electron chi connectivity index (χ4n) is 5.34. The van der Waals surface area contributed by atoms with Crippen molar-refractivity contribution < 1.29 is 40.7 Å². The number of piperazine rings is 1. The second-order valence-corrected chi connectivity index (χ2v) is 9.70. The minimum absolute atomic E-state index is 0.0554. The first-order valence-corrected chi connectivity index (χ1v) is 11.7. The number of halogens is 7. The van der Waals surface area contributed by atoms with E-state index in [1.165, 1.54) is 24.0 Å². The number of hydrogen-bond acceptors (Lipinski definition) is 4. The molecule has 2 bridgehead atoms. The van der Waals surface area contributed by atoms with Crippen LogP contribution in [0.2, 0.25) is 5.02 Å². The van der Waals surface area contributed by atoms with Gasteiger partial charge in [-0.15, -0.1) is 0 Å². The monoisotopic (exact) mass is 571 g/mol. The summed E-state index contributed by atoms with van der Waals surface area (Å²) in [6.45, 7) is 1.44. The Bertz CT molecular complexity index is 1440. The number of amides is 5. The van der Waals surface area contributed by atoms with E-state index in [-0.39, 0.29) is 35.3 Å². The second-order valence-electron chi connectivity index (χ2n) is 9.33. The first-order valence-electron chi connectivity index (χ1n) is 11.4. The van der Waals surface area contributed by atoms with Crippen molar-refractivity contribution in [1.29, 1.82) is 5.26 Å². The molecule has 3 aliphatic rings. The van der Waals surface area contributed by atoms with Crippen molar-refractivity contribution in [3.63, 3.8) is 0 Å². The van der Waals surface area contributed by atoms with Gasteiger partial charge in [0.15, 0.2) is 0 Å². The van der Waals surface area contributed by atoms with Gasteiger partial charge in [0.1, 0.15) is 12.1 Å². The summed E-state index contributed by atoms with van der Waals surface area (Å²) in [5, 5.41) is 11.3. The molecule has 5 amide bonds. The zero-order valence-corrected chi connectivity index (χ0v) is 20.4. The lowest BCUT2D eigenvalue weighted by Crippen LogP contribution is -2.55. The average molecular weight is 572 g/mol. The fourth-order valence-corrected chi connectivity index (χ4v) is 5.54. The maximum absolute atomic E-state index is 13.4. The number of carbonyl (C=O) groups is 3. The molecular weight excluding hydrogens is 556 g/mol.